The highest BCUT2D eigenvalue weighted by molar-refractivity contribution is 5.52. The first-order valence-electron chi connectivity index (χ1n) is 6.25. The molecule has 0 aliphatic carbocycles. The first-order valence-corrected chi connectivity index (χ1v) is 6.25. The second-order valence-corrected chi connectivity index (χ2v) is 4.71. The zero-order valence-electron chi connectivity index (χ0n) is 11.0. The van der Waals surface area contributed by atoms with Crippen LogP contribution in [0.1, 0.15) is 26.8 Å². The highest BCUT2D eigenvalue weighted by Crippen LogP contribution is 2.13. The first-order chi connectivity index (χ1) is 8.66. The van der Waals surface area contributed by atoms with Gasteiger partial charge in [-0.1, -0.05) is 44.2 Å². The zero-order chi connectivity index (χ0) is 13.0. The number of hydrogen-bond acceptors (Lipinski definition) is 4. The van der Waals surface area contributed by atoms with Gasteiger partial charge in [-0.15, -0.1) is 10.2 Å². The van der Waals surface area contributed by atoms with Gasteiger partial charge in [-0.2, -0.15) is 4.80 Å². The fourth-order valence-corrected chi connectivity index (χ4v) is 1.60. The molecule has 2 aromatic rings. The van der Waals surface area contributed by atoms with E-state index in [2.05, 4.69) is 41.5 Å². The smallest absolute Gasteiger partial charge is 0.204 e. The van der Waals surface area contributed by atoms with Crippen molar-refractivity contribution in [1.29, 1.82) is 0 Å². The van der Waals surface area contributed by atoms with Crippen LogP contribution in [0, 0.1) is 0 Å². The van der Waals surface area contributed by atoms with E-state index in [0.717, 1.165) is 12.1 Å². The van der Waals surface area contributed by atoms with Crippen LogP contribution in [0.25, 0.3) is 11.4 Å². The minimum Gasteiger partial charge on any atom is -0.312 e. The molecule has 0 saturated carbocycles. The molecular formula is C13H19N5. The van der Waals surface area contributed by atoms with Crippen molar-refractivity contribution in [1.82, 2.24) is 25.5 Å². The Morgan fingerprint density at radius 3 is 2.56 bits per heavy atom. The van der Waals surface area contributed by atoms with Crippen LogP contribution in [0.3, 0.4) is 0 Å². The van der Waals surface area contributed by atoms with Gasteiger partial charge in [-0.05, 0) is 12.1 Å². The Bertz CT molecular complexity index is 477. The second-order valence-electron chi connectivity index (χ2n) is 4.71. The van der Waals surface area contributed by atoms with Gasteiger partial charge in [0.2, 0.25) is 5.82 Å². The number of aromatic nitrogens is 4. The SMILES string of the molecule is CC(C)NCC(C)n1nnc(-c2ccccc2)n1. The Labute approximate surface area is 107 Å². The van der Waals surface area contributed by atoms with Crippen LogP contribution in [-0.2, 0) is 0 Å². The van der Waals surface area contributed by atoms with Crippen molar-refractivity contribution in [3.8, 4) is 11.4 Å². The molecule has 96 valence electrons. The Balaban J connectivity index is 2.06. The molecule has 1 heterocycles. The third kappa shape index (κ3) is 3.13. The van der Waals surface area contributed by atoms with E-state index >= 15 is 0 Å². The molecule has 0 aliphatic rings. The van der Waals surface area contributed by atoms with Crippen molar-refractivity contribution >= 4 is 0 Å². The van der Waals surface area contributed by atoms with Crippen molar-refractivity contribution in [2.45, 2.75) is 32.9 Å². The lowest BCUT2D eigenvalue weighted by atomic mass is 10.2. The van der Waals surface area contributed by atoms with E-state index in [1.54, 1.807) is 4.80 Å². The van der Waals surface area contributed by atoms with Gasteiger partial charge >= 0.3 is 0 Å². The first kappa shape index (κ1) is 12.7. The van der Waals surface area contributed by atoms with Crippen LogP contribution >= 0.6 is 0 Å². The maximum absolute atomic E-state index is 4.41. The normalized spacial score (nSPS) is 12.9. The van der Waals surface area contributed by atoms with E-state index in [-0.39, 0.29) is 6.04 Å². The molecule has 5 heteroatoms. The van der Waals surface area contributed by atoms with Crippen LogP contribution in [-0.4, -0.2) is 32.8 Å². The molecule has 1 aromatic carbocycles. The van der Waals surface area contributed by atoms with Gasteiger partial charge in [0.15, 0.2) is 0 Å². The summed E-state index contributed by atoms with van der Waals surface area (Å²) < 4.78 is 0. The second kappa shape index (κ2) is 5.73. The molecule has 0 aliphatic heterocycles. The summed E-state index contributed by atoms with van der Waals surface area (Å²) in [6.45, 7) is 7.15. The van der Waals surface area contributed by atoms with Gasteiger partial charge < -0.3 is 5.32 Å². The summed E-state index contributed by atoms with van der Waals surface area (Å²) >= 11 is 0. The predicted octanol–water partition coefficient (Wildman–Crippen LogP) is 1.90. The van der Waals surface area contributed by atoms with Gasteiger partial charge in [0.05, 0.1) is 6.04 Å². The molecule has 0 spiro atoms. The third-order valence-electron chi connectivity index (χ3n) is 2.68. The van der Waals surface area contributed by atoms with Gasteiger partial charge in [0.1, 0.15) is 0 Å². The van der Waals surface area contributed by atoms with Gasteiger partial charge in [-0.25, -0.2) is 0 Å². The molecule has 5 nitrogen and oxygen atoms in total. The van der Waals surface area contributed by atoms with E-state index < -0.39 is 0 Å². The summed E-state index contributed by atoms with van der Waals surface area (Å²) in [5, 5.41) is 16.0. The molecule has 1 atom stereocenters. The molecule has 1 aromatic heterocycles. The fraction of sp³-hybridized carbons (Fsp3) is 0.462. The molecule has 1 unspecified atom stereocenters. The summed E-state index contributed by atoms with van der Waals surface area (Å²) in [4.78, 5) is 1.66. The lowest BCUT2D eigenvalue weighted by molar-refractivity contribution is 0.388. The van der Waals surface area contributed by atoms with Crippen molar-refractivity contribution in [2.24, 2.45) is 0 Å². The maximum Gasteiger partial charge on any atom is 0.204 e. The quantitative estimate of drug-likeness (QED) is 0.874. The Morgan fingerprint density at radius 1 is 1.17 bits per heavy atom. The lowest BCUT2D eigenvalue weighted by Gasteiger charge is -2.13. The van der Waals surface area contributed by atoms with Crippen LogP contribution in [0.15, 0.2) is 30.3 Å². The number of nitrogens with one attached hydrogen (secondary N) is 1. The molecule has 0 fully saturated rings. The number of hydrogen-bond donors (Lipinski definition) is 1. The monoisotopic (exact) mass is 245 g/mol. The largest absolute Gasteiger partial charge is 0.312 e. The molecule has 0 radical (unpaired) electrons. The Hall–Kier alpha value is -1.75. The van der Waals surface area contributed by atoms with Crippen molar-refractivity contribution in [3.05, 3.63) is 30.3 Å². The van der Waals surface area contributed by atoms with Crippen molar-refractivity contribution in [3.63, 3.8) is 0 Å². The average Bonchev–Trinajstić information content (AvgIpc) is 2.86. The van der Waals surface area contributed by atoms with Crippen LogP contribution in [0.5, 0.6) is 0 Å². The van der Waals surface area contributed by atoms with Crippen LogP contribution < -0.4 is 5.32 Å². The standard InChI is InChI=1S/C13H19N5/c1-10(2)14-9-11(3)18-16-13(15-17-18)12-7-5-4-6-8-12/h4-8,10-11,14H,9H2,1-3H3. The minimum atomic E-state index is 0.192. The molecule has 18 heavy (non-hydrogen) atoms. The van der Waals surface area contributed by atoms with Gasteiger partial charge in [-0.3, -0.25) is 0 Å². The van der Waals surface area contributed by atoms with E-state index in [1.807, 2.05) is 30.3 Å². The van der Waals surface area contributed by atoms with Crippen LogP contribution in [0.2, 0.25) is 0 Å². The van der Waals surface area contributed by atoms with Crippen molar-refractivity contribution in [2.75, 3.05) is 6.54 Å². The maximum atomic E-state index is 4.41. The van der Waals surface area contributed by atoms with Crippen molar-refractivity contribution < 1.29 is 0 Å². The van der Waals surface area contributed by atoms with E-state index in [4.69, 9.17) is 0 Å². The molecule has 1 N–H and O–H groups in total. The fourth-order valence-electron chi connectivity index (χ4n) is 1.60. The summed E-state index contributed by atoms with van der Waals surface area (Å²) in [5.41, 5.74) is 0.993. The summed E-state index contributed by atoms with van der Waals surface area (Å²) in [6.07, 6.45) is 0. The van der Waals surface area contributed by atoms with Gasteiger partial charge in [0.25, 0.3) is 0 Å². The number of nitrogens with zero attached hydrogens (tertiary/aromatic N) is 4. The minimum absolute atomic E-state index is 0.192. The molecule has 0 saturated heterocycles. The number of rotatable bonds is 5. The number of benzene rings is 1. The average molecular weight is 245 g/mol. The van der Waals surface area contributed by atoms with Crippen LogP contribution in [0.4, 0.5) is 0 Å². The number of tetrazole rings is 1. The third-order valence-corrected chi connectivity index (χ3v) is 2.68. The van der Waals surface area contributed by atoms with E-state index in [9.17, 15) is 0 Å². The molecule has 0 amide bonds. The zero-order valence-corrected chi connectivity index (χ0v) is 11.0. The summed E-state index contributed by atoms with van der Waals surface area (Å²) in [7, 11) is 0. The molecule has 0 bridgehead atoms. The molecule has 2 rings (SSSR count). The highest BCUT2D eigenvalue weighted by atomic mass is 15.6. The van der Waals surface area contributed by atoms with Gasteiger partial charge in [0, 0.05) is 18.2 Å². The summed E-state index contributed by atoms with van der Waals surface area (Å²) in [5.74, 6) is 0.673. The van der Waals surface area contributed by atoms with E-state index in [0.29, 0.717) is 11.9 Å². The van der Waals surface area contributed by atoms with E-state index in [1.165, 1.54) is 0 Å². The lowest BCUT2D eigenvalue weighted by Crippen LogP contribution is -2.30. The highest BCUT2D eigenvalue weighted by Gasteiger charge is 2.11. The Morgan fingerprint density at radius 2 is 1.89 bits per heavy atom. The predicted molar refractivity (Wildman–Crippen MR) is 71.1 cm³/mol. The molecular weight excluding hydrogens is 226 g/mol. The Kier molecular flexibility index (Phi) is 4.04. The topological polar surface area (TPSA) is 55.6 Å². The summed E-state index contributed by atoms with van der Waals surface area (Å²) in [6, 6.07) is 10.5.